The number of hydrogen-bond acceptors (Lipinski definition) is 4. The van der Waals surface area contributed by atoms with Gasteiger partial charge in [-0.15, -0.1) is 11.3 Å². The van der Waals surface area contributed by atoms with E-state index < -0.39 is 0 Å². The molecule has 2 heterocycles. The molecule has 1 N–H and O–H groups in total. The maximum absolute atomic E-state index is 4.40. The average Bonchev–Trinajstić information content (AvgIpc) is 2.87. The number of hydrogen-bond donors (Lipinski definition) is 1. The van der Waals surface area contributed by atoms with Gasteiger partial charge in [0, 0.05) is 18.5 Å². The molecule has 0 aliphatic carbocycles. The second-order valence-electron chi connectivity index (χ2n) is 3.43. The maximum atomic E-state index is 4.40. The van der Waals surface area contributed by atoms with E-state index in [-0.39, 0.29) is 0 Å². The largest absolute Gasteiger partial charge is 0.354 e. The lowest BCUT2D eigenvalue weighted by molar-refractivity contribution is 0.398. The van der Waals surface area contributed by atoms with E-state index in [0.29, 0.717) is 6.04 Å². The Morgan fingerprint density at radius 3 is 3.07 bits per heavy atom. The van der Waals surface area contributed by atoms with E-state index in [1.165, 1.54) is 4.88 Å². The monoisotopic (exact) mass is 209 g/mol. The van der Waals surface area contributed by atoms with Gasteiger partial charge >= 0.3 is 0 Å². The van der Waals surface area contributed by atoms with Crippen molar-refractivity contribution in [3.8, 4) is 0 Å². The molecule has 2 rings (SSSR count). The van der Waals surface area contributed by atoms with Crippen molar-refractivity contribution in [2.75, 3.05) is 20.1 Å². The first-order chi connectivity index (χ1) is 6.79. The highest BCUT2D eigenvalue weighted by molar-refractivity contribution is 7.10. The van der Waals surface area contributed by atoms with Crippen LogP contribution in [-0.4, -0.2) is 31.0 Å². The summed E-state index contributed by atoms with van der Waals surface area (Å²) in [6, 6.07) is 4.66. The first-order valence-electron chi connectivity index (χ1n) is 4.83. The van der Waals surface area contributed by atoms with Gasteiger partial charge < -0.3 is 10.2 Å². The molecule has 0 fully saturated rings. The molecule has 0 radical (unpaired) electrons. The fraction of sp³-hybridized carbons (Fsp3) is 0.500. The summed E-state index contributed by atoms with van der Waals surface area (Å²) < 4.78 is 0. The summed E-state index contributed by atoms with van der Waals surface area (Å²) in [5.74, 6) is 1.02. The van der Waals surface area contributed by atoms with Crippen molar-refractivity contribution in [1.82, 2.24) is 10.2 Å². The predicted molar refractivity (Wildman–Crippen MR) is 60.8 cm³/mol. The zero-order valence-electron chi connectivity index (χ0n) is 8.53. The normalized spacial score (nSPS) is 17.4. The molecule has 1 aliphatic heterocycles. The van der Waals surface area contributed by atoms with E-state index in [1.54, 1.807) is 11.3 Å². The summed E-state index contributed by atoms with van der Waals surface area (Å²) in [6.07, 6.45) is 0. The molecule has 0 aromatic carbocycles. The molecule has 14 heavy (non-hydrogen) atoms. The number of nitrogens with one attached hydrogen (secondary N) is 1. The predicted octanol–water partition coefficient (Wildman–Crippen LogP) is 1.70. The average molecular weight is 209 g/mol. The molecule has 0 saturated heterocycles. The van der Waals surface area contributed by atoms with Crippen molar-refractivity contribution >= 4 is 17.3 Å². The molecule has 4 heteroatoms. The van der Waals surface area contributed by atoms with Gasteiger partial charge in [-0.25, -0.2) is 0 Å². The second-order valence-corrected chi connectivity index (χ2v) is 4.41. The van der Waals surface area contributed by atoms with E-state index >= 15 is 0 Å². The Balaban J connectivity index is 2.07. The lowest BCUT2D eigenvalue weighted by atomic mass is 10.2. The van der Waals surface area contributed by atoms with E-state index in [1.807, 2.05) is 0 Å². The first kappa shape index (κ1) is 9.52. The van der Waals surface area contributed by atoms with Crippen molar-refractivity contribution in [3.05, 3.63) is 22.4 Å². The Hall–Kier alpha value is -1.03. The minimum atomic E-state index is 0.402. The molecule has 1 aliphatic rings. The lowest BCUT2D eigenvalue weighted by Gasteiger charge is -2.25. The van der Waals surface area contributed by atoms with Crippen LogP contribution in [0.4, 0.5) is 0 Å². The minimum absolute atomic E-state index is 0.402. The molecular formula is C10H15N3S. The first-order valence-corrected chi connectivity index (χ1v) is 5.71. The van der Waals surface area contributed by atoms with Crippen molar-refractivity contribution in [1.29, 1.82) is 0 Å². The van der Waals surface area contributed by atoms with Crippen LogP contribution in [-0.2, 0) is 0 Å². The van der Waals surface area contributed by atoms with E-state index in [9.17, 15) is 0 Å². The third-order valence-electron chi connectivity index (χ3n) is 2.53. The maximum Gasteiger partial charge on any atom is 0.194 e. The van der Waals surface area contributed by atoms with Crippen LogP contribution in [0.1, 0.15) is 17.8 Å². The van der Waals surface area contributed by atoms with Crippen LogP contribution in [0.25, 0.3) is 0 Å². The van der Waals surface area contributed by atoms with Gasteiger partial charge in [-0.2, -0.15) is 0 Å². The SMILES string of the molecule is CC(c1cccs1)N(C)C1=NCCN1. The molecule has 1 atom stereocenters. The van der Waals surface area contributed by atoms with E-state index in [4.69, 9.17) is 0 Å². The number of nitrogens with zero attached hydrogens (tertiary/aromatic N) is 2. The van der Waals surface area contributed by atoms with Crippen LogP contribution in [0.3, 0.4) is 0 Å². The molecule has 0 bridgehead atoms. The van der Waals surface area contributed by atoms with Gasteiger partial charge in [0.05, 0.1) is 12.6 Å². The number of guanidine groups is 1. The highest BCUT2D eigenvalue weighted by Crippen LogP contribution is 2.23. The molecule has 1 aromatic heterocycles. The Labute approximate surface area is 88.5 Å². The Kier molecular flexibility index (Phi) is 2.72. The van der Waals surface area contributed by atoms with E-state index in [2.05, 4.69) is 46.7 Å². The van der Waals surface area contributed by atoms with Gasteiger partial charge in [0.1, 0.15) is 0 Å². The van der Waals surface area contributed by atoms with Crippen molar-refractivity contribution in [2.45, 2.75) is 13.0 Å². The van der Waals surface area contributed by atoms with Gasteiger partial charge in [-0.05, 0) is 18.4 Å². The van der Waals surface area contributed by atoms with Crippen LogP contribution in [0.15, 0.2) is 22.5 Å². The second kappa shape index (κ2) is 4.00. The summed E-state index contributed by atoms with van der Waals surface area (Å²) in [5.41, 5.74) is 0. The van der Waals surface area contributed by atoms with Gasteiger partial charge in [-0.1, -0.05) is 6.07 Å². The summed E-state index contributed by atoms with van der Waals surface area (Å²) in [5, 5.41) is 5.39. The van der Waals surface area contributed by atoms with Crippen molar-refractivity contribution in [3.63, 3.8) is 0 Å². The van der Waals surface area contributed by atoms with Gasteiger partial charge in [0.2, 0.25) is 0 Å². The lowest BCUT2D eigenvalue weighted by Crippen LogP contribution is -2.37. The summed E-state index contributed by atoms with van der Waals surface area (Å²) >= 11 is 1.79. The van der Waals surface area contributed by atoms with Crippen LogP contribution < -0.4 is 5.32 Å². The Morgan fingerprint density at radius 1 is 1.64 bits per heavy atom. The Morgan fingerprint density at radius 2 is 2.50 bits per heavy atom. The summed E-state index contributed by atoms with van der Waals surface area (Å²) in [4.78, 5) is 7.97. The van der Waals surface area contributed by atoms with Gasteiger partial charge in [0.25, 0.3) is 0 Å². The fourth-order valence-corrected chi connectivity index (χ4v) is 2.35. The molecule has 1 aromatic rings. The third-order valence-corrected chi connectivity index (χ3v) is 3.57. The number of rotatable bonds is 2. The molecule has 0 spiro atoms. The van der Waals surface area contributed by atoms with Crippen LogP contribution in [0.5, 0.6) is 0 Å². The van der Waals surface area contributed by atoms with Gasteiger partial charge in [-0.3, -0.25) is 4.99 Å². The summed E-state index contributed by atoms with van der Waals surface area (Å²) in [7, 11) is 2.08. The standard InChI is InChI=1S/C10H15N3S/c1-8(9-4-3-7-14-9)13(2)10-11-5-6-12-10/h3-4,7-8H,5-6H2,1-2H3,(H,11,12). The molecule has 76 valence electrons. The molecule has 3 nitrogen and oxygen atoms in total. The smallest absolute Gasteiger partial charge is 0.194 e. The van der Waals surface area contributed by atoms with E-state index in [0.717, 1.165) is 19.0 Å². The zero-order valence-corrected chi connectivity index (χ0v) is 9.34. The highest BCUT2D eigenvalue weighted by Gasteiger charge is 2.17. The van der Waals surface area contributed by atoms with Crippen LogP contribution >= 0.6 is 11.3 Å². The van der Waals surface area contributed by atoms with Gasteiger partial charge in [0.15, 0.2) is 5.96 Å². The molecule has 1 unspecified atom stereocenters. The van der Waals surface area contributed by atoms with Crippen LogP contribution in [0.2, 0.25) is 0 Å². The number of aliphatic imine (C=N–C) groups is 1. The summed E-state index contributed by atoms with van der Waals surface area (Å²) in [6.45, 7) is 4.07. The van der Waals surface area contributed by atoms with Crippen molar-refractivity contribution < 1.29 is 0 Å². The Bertz CT molecular complexity index is 318. The highest BCUT2D eigenvalue weighted by atomic mass is 32.1. The molecule has 0 saturated carbocycles. The minimum Gasteiger partial charge on any atom is -0.354 e. The molecular weight excluding hydrogens is 194 g/mol. The quantitative estimate of drug-likeness (QED) is 0.803. The topological polar surface area (TPSA) is 27.6 Å². The molecule has 0 amide bonds. The third kappa shape index (κ3) is 1.75. The zero-order chi connectivity index (χ0) is 9.97. The number of thiophene rings is 1. The fourth-order valence-electron chi connectivity index (χ4n) is 1.52. The van der Waals surface area contributed by atoms with Crippen molar-refractivity contribution in [2.24, 2.45) is 4.99 Å². The van der Waals surface area contributed by atoms with Crippen LogP contribution in [0, 0.1) is 0 Å².